The molecule has 0 spiro atoms. The lowest BCUT2D eigenvalue weighted by Crippen LogP contribution is -2.45. The number of anilines is 1. The number of hydrogen-bond donors (Lipinski definition) is 1. The highest BCUT2D eigenvalue weighted by Crippen LogP contribution is 2.45. The molecule has 0 unspecified atom stereocenters. The van der Waals surface area contributed by atoms with Gasteiger partial charge < -0.3 is 10.2 Å². The van der Waals surface area contributed by atoms with E-state index in [4.69, 9.17) is 16.6 Å². The van der Waals surface area contributed by atoms with Gasteiger partial charge in [-0.1, -0.05) is 11.6 Å². The van der Waals surface area contributed by atoms with Gasteiger partial charge in [0.05, 0.1) is 28.5 Å². The van der Waals surface area contributed by atoms with Crippen LogP contribution in [0.3, 0.4) is 0 Å². The van der Waals surface area contributed by atoms with Crippen molar-refractivity contribution in [1.82, 2.24) is 34.7 Å². The molecule has 2 fully saturated rings. The average molecular weight is 578 g/mol. The molecule has 10 nitrogen and oxygen atoms in total. The van der Waals surface area contributed by atoms with E-state index in [-0.39, 0.29) is 17.1 Å². The van der Waals surface area contributed by atoms with Crippen molar-refractivity contribution < 1.29 is 4.79 Å². The molecule has 2 aliphatic rings. The largest absolute Gasteiger partial charge is 0.356 e. The van der Waals surface area contributed by atoms with Crippen LogP contribution in [0.1, 0.15) is 35.8 Å². The lowest BCUT2D eigenvalue weighted by molar-refractivity contribution is 0.0900. The van der Waals surface area contributed by atoms with Crippen LogP contribution in [0.4, 0.5) is 5.82 Å². The van der Waals surface area contributed by atoms with Gasteiger partial charge in [-0.15, -0.1) is 0 Å². The van der Waals surface area contributed by atoms with Gasteiger partial charge >= 0.3 is 0 Å². The summed E-state index contributed by atoms with van der Waals surface area (Å²) in [7, 11) is 1.88. The summed E-state index contributed by atoms with van der Waals surface area (Å²) in [6, 6.07) is 11.9. The highest BCUT2D eigenvalue weighted by atomic mass is 35.5. The Bertz CT molecular complexity index is 1860. The lowest BCUT2D eigenvalue weighted by atomic mass is 9.97. The molecule has 210 valence electrons. The minimum Gasteiger partial charge on any atom is -0.356 e. The third kappa shape index (κ3) is 4.56. The van der Waals surface area contributed by atoms with Crippen LogP contribution in [-0.4, -0.2) is 53.9 Å². The number of nitrogens with zero attached hydrogens (tertiary/aromatic N) is 8. The second-order valence-corrected chi connectivity index (χ2v) is 12.0. The van der Waals surface area contributed by atoms with E-state index in [9.17, 15) is 10.1 Å². The standard InChI is InChI=1S/C31H28ClN9O/c1-31(38-30(42)28-26(32)4-3-7-34-28)9-21-16-40(17-22(21)10-31)27-6-5-19(12-35-27)25-8-20(24-14-36-39(2)15-24)18-41-29(25)23(11-33)13-37-41/h3-8,12-15,18,21-22H,9-10,16-17H2,1-2H3,(H,38,42)/t21-,22+,31+. The zero-order valence-corrected chi connectivity index (χ0v) is 24.0. The summed E-state index contributed by atoms with van der Waals surface area (Å²) in [5.74, 6) is 1.61. The summed E-state index contributed by atoms with van der Waals surface area (Å²) in [5, 5.41) is 22.0. The Morgan fingerprint density at radius 1 is 1.05 bits per heavy atom. The van der Waals surface area contributed by atoms with E-state index in [1.54, 1.807) is 33.7 Å². The second kappa shape index (κ2) is 9.96. The van der Waals surface area contributed by atoms with Crippen LogP contribution in [-0.2, 0) is 7.05 Å². The number of hydrogen-bond acceptors (Lipinski definition) is 7. The molecule has 3 atom stereocenters. The Morgan fingerprint density at radius 3 is 2.52 bits per heavy atom. The molecule has 42 heavy (non-hydrogen) atoms. The van der Waals surface area contributed by atoms with E-state index in [0.29, 0.717) is 22.4 Å². The number of nitriles is 1. The highest BCUT2D eigenvalue weighted by Gasteiger charge is 2.47. The van der Waals surface area contributed by atoms with Crippen molar-refractivity contribution in [2.75, 3.05) is 18.0 Å². The first-order valence-corrected chi connectivity index (χ1v) is 14.2. The van der Waals surface area contributed by atoms with Gasteiger partial charge in [-0.25, -0.2) is 14.5 Å². The van der Waals surface area contributed by atoms with Crippen molar-refractivity contribution in [3.8, 4) is 28.3 Å². The highest BCUT2D eigenvalue weighted by molar-refractivity contribution is 6.33. The van der Waals surface area contributed by atoms with E-state index in [1.165, 1.54) is 0 Å². The fourth-order valence-corrected chi connectivity index (χ4v) is 6.91. The summed E-state index contributed by atoms with van der Waals surface area (Å²) in [5.41, 5.74) is 4.96. The zero-order valence-electron chi connectivity index (χ0n) is 23.2. The molecule has 1 saturated heterocycles. The predicted octanol–water partition coefficient (Wildman–Crippen LogP) is 4.75. The van der Waals surface area contributed by atoms with Crippen LogP contribution in [0.15, 0.2) is 67.5 Å². The number of pyridine rings is 3. The number of aryl methyl sites for hydroxylation is 1. The molecule has 6 heterocycles. The van der Waals surface area contributed by atoms with Crippen LogP contribution in [0.25, 0.3) is 27.8 Å². The van der Waals surface area contributed by atoms with Crippen LogP contribution in [0.2, 0.25) is 5.02 Å². The second-order valence-electron chi connectivity index (χ2n) is 11.6. The number of aromatic nitrogens is 6. The zero-order chi connectivity index (χ0) is 29.0. The van der Waals surface area contributed by atoms with E-state index in [1.807, 2.05) is 31.8 Å². The molecular weight excluding hydrogens is 550 g/mol. The van der Waals surface area contributed by atoms with Gasteiger partial charge in [0, 0.05) is 72.7 Å². The maximum atomic E-state index is 12.9. The number of fused-ring (bicyclic) bond motifs is 2. The van der Waals surface area contributed by atoms with E-state index in [0.717, 1.165) is 59.5 Å². The fraction of sp³-hybridized carbons (Fsp3) is 0.290. The number of carbonyl (C=O) groups is 1. The first-order chi connectivity index (χ1) is 20.3. The molecule has 0 radical (unpaired) electrons. The summed E-state index contributed by atoms with van der Waals surface area (Å²) >= 11 is 6.20. The van der Waals surface area contributed by atoms with Gasteiger partial charge in [-0.05, 0) is 61.9 Å². The number of carbonyl (C=O) groups excluding carboxylic acids is 1. The molecule has 7 rings (SSSR count). The van der Waals surface area contributed by atoms with Crippen molar-refractivity contribution in [2.45, 2.75) is 25.3 Å². The van der Waals surface area contributed by atoms with Gasteiger partial charge in [0.1, 0.15) is 17.6 Å². The third-order valence-electron chi connectivity index (χ3n) is 8.54. The molecule has 1 aliphatic heterocycles. The number of halogens is 1. The molecule has 0 aromatic carbocycles. The molecule has 5 aromatic heterocycles. The monoisotopic (exact) mass is 577 g/mol. The fourth-order valence-electron chi connectivity index (χ4n) is 6.70. The molecular formula is C31H28ClN9O. The predicted molar refractivity (Wildman–Crippen MR) is 159 cm³/mol. The Labute approximate surface area is 247 Å². The van der Waals surface area contributed by atoms with Gasteiger partial charge in [0.15, 0.2) is 0 Å². The van der Waals surface area contributed by atoms with Gasteiger partial charge in [-0.3, -0.25) is 9.48 Å². The summed E-state index contributed by atoms with van der Waals surface area (Å²) in [4.78, 5) is 24.2. The molecule has 1 aliphatic carbocycles. The quantitative estimate of drug-likeness (QED) is 0.320. The topological polar surface area (TPSA) is 117 Å². The Morgan fingerprint density at radius 2 is 1.86 bits per heavy atom. The van der Waals surface area contributed by atoms with Crippen molar-refractivity contribution in [2.24, 2.45) is 18.9 Å². The van der Waals surface area contributed by atoms with Gasteiger partial charge in [0.2, 0.25) is 0 Å². The van der Waals surface area contributed by atoms with Gasteiger partial charge in [-0.2, -0.15) is 15.5 Å². The third-order valence-corrected chi connectivity index (χ3v) is 8.85. The summed E-state index contributed by atoms with van der Waals surface area (Å²) in [6.45, 7) is 3.88. The molecule has 1 amide bonds. The maximum Gasteiger partial charge on any atom is 0.271 e. The Balaban J connectivity index is 1.09. The van der Waals surface area contributed by atoms with E-state index < -0.39 is 0 Å². The van der Waals surface area contributed by atoms with Crippen molar-refractivity contribution in [3.63, 3.8) is 0 Å². The number of nitrogens with one attached hydrogen (secondary N) is 1. The number of amides is 1. The van der Waals surface area contributed by atoms with Crippen LogP contribution < -0.4 is 10.2 Å². The first-order valence-electron chi connectivity index (χ1n) is 13.9. The van der Waals surface area contributed by atoms with Crippen LogP contribution >= 0.6 is 11.6 Å². The Hall–Kier alpha value is -4.75. The van der Waals surface area contributed by atoms with E-state index >= 15 is 0 Å². The molecule has 11 heteroatoms. The summed E-state index contributed by atoms with van der Waals surface area (Å²) in [6.07, 6.45) is 12.5. The molecule has 1 saturated carbocycles. The van der Waals surface area contributed by atoms with Crippen molar-refractivity contribution >= 4 is 28.8 Å². The van der Waals surface area contributed by atoms with Gasteiger partial charge in [0.25, 0.3) is 5.91 Å². The Kier molecular flexibility index (Phi) is 6.21. The van der Waals surface area contributed by atoms with Crippen LogP contribution in [0.5, 0.6) is 0 Å². The maximum absolute atomic E-state index is 12.9. The minimum atomic E-state index is -0.301. The molecule has 1 N–H and O–H groups in total. The molecule has 5 aromatic rings. The average Bonchev–Trinajstić information content (AvgIpc) is 3.75. The first kappa shape index (κ1) is 26.2. The van der Waals surface area contributed by atoms with E-state index in [2.05, 4.69) is 56.6 Å². The number of rotatable bonds is 5. The van der Waals surface area contributed by atoms with Crippen LogP contribution in [0, 0.1) is 23.2 Å². The normalized spacial score (nSPS) is 21.4. The summed E-state index contributed by atoms with van der Waals surface area (Å²) < 4.78 is 3.51. The lowest BCUT2D eigenvalue weighted by Gasteiger charge is -2.28. The smallest absolute Gasteiger partial charge is 0.271 e. The molecule has 0 bridgehead atoms. The minimum absolute atomic E-state index is 0.225. The van der Waals surface area contributed by atoms with Crippen molar-refractivity contribution in [3.05, 3.63) is 83.8 Å². The SMILES string of the molecule is Cn1cc(-c2cc(-c3ccc(N4C[C@@H]5C[C@@](C)(NC(=O)c6ncccc6Cl)C[C@@H]5C4)nc3)c3c(C#N)cnn3c2)cn1. The van der Waals surface area contributed by atoms with Crippen molar-refractivity contribution in [1.29, 1.82) is 5.26 Å².